The van der Waals surface area contributed by atoms with Crippen LogP contribution in [0, 0.1) is 0 Å². The Bertz CT molecular complexity index is 880. The molecule has 7 heteroatoms. The van der Waals surface area contributed by atoms with Gasteiger partial charge in [-0.2, -0.15) is 0 Å². The number of thiazole rings is 1. The molecule has 2 aromatic carbocycles. The molecule has 0 aliphatic carbocycles. The van der Waals surface area contributed by atoms with E-state index >= 15 is 0 Å². The fraction of sp³-hybridized carbons (Fsp3) is 0.222. The van der Waals surface area contributed by atoms with Gasteiger partial charge in [0.1, 0.15) is 5.75 Å². The molecule has 0 fully saturated rings. The van der Waals surface area contributed by atoms with Crippen molar-refractivity contribution in [2.45, 2.75) is 23.1 Å². The largest absolute Gasteiger partial charge is 0.497 e. The molecule has 130 valence electrons. The number of rotatable bonds is 6. The summed E-state index contributed by atoms with van der Waals surface area (Å²) in [4.78, 5) is 16.8. The molecule has 0 saturated carbocycles. The molecule has 1 atom stereocenters. The zero-order valence-electron chi connectivity index (χ0n) is 13.8. The second kappa shape index (κ2) is 8.08. The van der Waals surface area contributed by atoms with E-state index in [0.29, 0.717) is 11.6 Å². The lowest BCUT2D eigenvalue weighted by Crippen LogP contribution is -2.30. The van der Waals surface area contributed by atoms with Crippen LogP contribution in [-0.2, 0) is 11.3 Å². The summed E-state index contributed by atoms with van der Waals surface area (Å²) in [6, 6.07) is 13.3. The third-order valence-electron chi connectivity index (χ3n) is 3.60. The Morgan fingerprint density at radius 2 is 2.08 bits per heavy atom. The number of aromatic nitrogens is 1. The molecule has 4 nitrogen and oxygen atoms in total. The van der Waals surface area contributed by atoms with Crippen LogP contribution in [0.5, 0.6) is 5.75 Å². The summed E-state index contributed by atoms with van der Waals surface area (Å²) in [6.07, 6.45) is 0. The van der Waals surface area contributed by atoms with Crippen LogP contribution in [0.2, 0.25) is 5.02 Å². The summed E-state index contributed by atoms with van der Waals surface area (Å²) in [5, 5.41) is 3.39. The molecular weight excluding hydrogens is 376 g/mol. The maximum Gasteiger partial charge on any atom is 0.233 e. The van der Waals surface area contributed by atoms with Crippen LogP contribution >= 0.6 is 34.7 Å². The average molecular weight is 393 g/mol. The van der Waals surface area contributed by atoms with Crippen molar-refractivity contribution in [1.29, 1.82) is 0 Å². The Morgan fingerprint density at radius 3 is 2.80 bits per heavy atom. The molecule has 1 heterocycles. The summed E-state index contributed by atoms with van der Waals surface area (Å²) in [6.45, 7) is 2.37. The van der Waals surface area contributed by atoms with E-state index in [4.69, 9.17) is 16.3 Å². The number of nitrogens with zero attached hydrogens (tertiary/aromatic N) is 1. The first-order valence-corrected chi connectivity index (χ1v) is 9.76. The van der Waals surface area contributed by atoms with Gasteiger partial charge in [-0.3, -0.25) is 4.79 Å². The summed E-state index contributed by atoms with van der Waals surface area (Å²) >= 11 is 9.01. The van der Waals surface area contributed by atoms with E-state index in [-0.39, 0.29) is 11.2 Å². The van der Waals surface area contributed by atoms with E-state index in [1.165, 1.54) is 11.8 Å². The summed E-state index contributed by atoms with van der Waals surface area (Å²) in [5.74, 6) is 0.785. The van der Waals surface area contributed by atoms with Gasteiger partial charge in [0.25, 0.3) is 0 Å². The SMILES string of the molecule is COc1ccc(CNC(=O)[C@H](C)Sc2nc3cc(Cl)ccc3s2)cc1. The molecule has 0 aliphatic heterocycles. The molecule has 1 aromatic heterocycles. The zero-order valence-corrected chi connectivity index (χ0v) is 16.2. The van der Waals surface area contributed by atoms with Crippen molar-refractivity contribution in [2.24, 2.45) is 0 Å². The molecule has 1 amide bonds. The van der Waals surface area contributed by atoms with E-state index in [2.05, 4.69) is 10.3 Å². The first-order valence-electron chi connectivity index (χ1n) is 7.68. The average Bonchev–Trinajstić information content (AvgIpc) is 3.01. The van der Waals surface area contributed by atoms with Crippen LogP contribution in [0.4, 0.5) is 0 Å². The van der Waals surface area contributed by atoms with Crippen LogP contribution in [0.3, 0.4) is 0 Å². The van der Waals surface area contributed by atoms with Gasteiger partial charge in [-0.05, 0) is 42.8 Å². The Labute approximate surface area is 159 Å². The predicted octanol–water partition coefficient (Wildman–Crippen LogP) is 4.76. The van der Waals surface area contributed by atoms with Crippen molar-refractivity contribution >= 4 is 50.8 Å². The molecule has 1 N–H and O–H groups in total. The van der Waals surface area contributed by atoms with Crippen molar-refractivity contribution in [2.75, 3.05) is 7.11 Å². The number of ether oxygens (including phenoxy) is 1. The molecule has 3 aromatic rings. The second-order valence-corrected chi connectivity index (χ2v) is 8.47. The molecule has 0 bridgehead atoms. The van der Waals surface area contributed by atoms with E-state index < -0.39 is 0 Å². The maximum atomic E-state index is 12.3. The van der Waals surface area contributed by atoms with E-state index in [9.17, 15) is 4.79 Å². The van der Waals surface area contributed by atoms with Crippen LogP contribution < -0.4 is 10.1 Å². The molecule has 0 unspecified atom stereocenters. The third kappa shape index (κ3) is 4.66. The van der Waals surface area contributed by atoms with Crippen molar-refractivity contribution in [1.82, 2.24) is 10.3 Å². The Hall–Kier alpha value is -1.76. The quantitative estimate of drug-likeness (QED) is 0.615. The molecule has 25 heavy (non-hydrogen) atoms. The highest BCUT2D eigenvalue weighted by molar-refractivity contribution is 8.02. The van der Waals surface area contributed by atoms with Gasteiger partial charge in [-0.25, -0.2) is 4.98 Å². The highest BCUT2D eigenvalue weighted by atomic mass is 35.5. The maximum absolute atomic E-state index is 12.3. The minimum atomic E-state index is -0.228. The Morgan fingerprint density at radius 1 is 1.32 bits per heavy atom. The zero-order chi connectivity index (χ0) is 17.8. The standard InChI is InChI=1S/C18H17ClN2O2S2/c1-11(17(22)20-10-12-3-6-14(23-2)7-4-12)24-18-21-15-9-13(19)5-8-16(15)25-18/h3-9,11H,10H2,1-2H3,(H,20,22)/t11-/m0/s1. The van der Waals surface area contributed by atoms with E-state index in [1.807, 2.05) is 49.4 Å². The number of hydrogen-bond acceptors (Lipinski definition) is 5. The molecule has 0 radical (unpaired) electrons. The number of carbonyl (C=O) groups is 1. The van der Waals surface area contributed by atoms with Crippen LogP contribution in [0.25, 0.3) is 10.2 Å². The lowest BCUT2D eigenvalue weighted by molar-refractivity contribution is -0.120. The van der Waals surface area contributed by atoms with Gasteiger partial charge in [0.2, 0.25) is 5.91 Å². The predicted molar refractivity (Wildman–Crippen MR) is 105 cm³/mol. The fourth-order valence-electron chi connectivity index (χ4n) is 2.21. The van der Waals surface area contributed by atoms with E-state index in [0.717, 1.165) is 25.9 Å². The molecule has 0 spiro atoms. The number of amides is 1. The van der Waals surface area contributed by atoms with Crippen LogP contribution in [0.15, 0.2) is 46.8 Å². The lowest BCUT2D eigenvalue weighted by atomic mass is 10.2. The monoisotopic (exact) mass is 392 g/mol. The van der Waals surface area contributed by atoms with Crippen LogP contribution in [-0.4, -0.2) is 23.3 Å². The van der Waals surface area contributed by atoms with Gasteiger partial charge in [0, 0.05) is 11.6 Å². The van der Waals surface area contributed by atoms with Gasteiger partial charge in [0.05, 0.1) is 22.6 Å². The number of fused-ring (bicyclic) bond motifs is 1. The summed E-state index contributed by atoms with van der Waals surface area (Å²) in [5.41, 5.74) is 1.90. The smallest absolute Gasteiger partial charge is 0.233 e. The van der Waals surface area contributed by atoms with E-state index in [1.54, 1.807) is 18.4 Å². The van der Waals surface area contributed by atoms with Gasteiger partial charge in [0.15, 0.2) is 4.34 Å². The van der Waals surface area contributed by atoms with Crippen molar-refractivity contribution in [3.8, 4) is 5.75 Å². The Balaban J connectivity index is 1.57. The van der Waals surface area contributed by atoms with Gasteiger partial charge in [-0.1, -0.05) is 35.5 Å². The minimum Gasteiger partial charge on any atom is -0.497 e. The molecular formula is C18H17ClN2O2S2. The Kier molecular flexibility index (Phi) is 5.83. The molecule has 0 saturated heterocycles. The highest BCUT2D eigenvalue weighted by Gasteiger charge is 2.16. The van der Waals surface area contributed by atoms with Gasteiger partial charge >= 0.3 is 0 Å². The topological polar surface area (TPSA) is 51.2 Å². The normalized spacial score (nSPS) is 12.1. The lowest BCUT2D eigenvalue weighted by Gasteiger charge is -2.10. The minimum absolute atomic E-state index is 0.0156. The van der Waals surface area contributed by atoms with Crippen molar-refractivity contribution < 1.29 is 9.53 Å². The van der Waals surface area contributed by atoms with Crippen LogP contribution in [0.1, 0.15) is 12.5 Å². The van der Waals surface area contributed by atoms with Gasteiger partial charge in [-0.15, -0.1) is 11.3 Å². The number of methoxy groups -OCH3 is 1. The van der Waals surface area contributed by atoms with Crippen molar-refractivity contribution in [3.05, 3.63) is 53.1 Å². The summed E-state index contributed by atoms with van der Waals surface area (Å²) in [7, 11) is 1.63. The number of carbonyl (C=O) groups excluding carboxylic acids is 1. The molecule has 0 aliphatic rings. The van der Waals surface area contributed by atoms with Gasteiger partial charge < -0.3 is 10.1 Å². The van der Waals surface area contributed by atoms with Crippen molar-refractivity contribution in [3.63, 3.8) is 0 Å². The number of thioether (sulfide) groups is 1. The first-order chi connectivity index (χ1) is 12.0. The number of benzene rings is 2. The second-order valence-electron chi connectivity index (χ2n) is 5.42. The number of hydrogen-bond donors (Lipinski definition) is 1. The molecule has 3 rings (SSSR count). The number of nitrogens with one attached hydrogen (secondary N) is 1. The highest BCUT2D eigenvalue weighted by Crippen LogP contribution is 2.33. The summed E-state index contributed by atoms with van der Waals surface area (Å²) < 4.78 is 7.06. The third-order valence-corrected chi connectivity index (χ3v) is 6.07. The fourth-order valence-corrected chi connectivity index (χ4v) is 4.59. The number of halogens is 1. The first kappa shape index (κ1) is 18.0.